The zero-order chi connectivity index (χ0) is 22.2. The van der Waals surface area contributed by atoms with E-state index in [1.54, 1.807) is 0 Å². The Balaban J connectivity index is 1.46. The molecule has 0 N–H and O–H groups in total. The fourth-order valence-electron chi connectivity index (χ4n) is 5.47. The number of piperidine rings is 1. The Labute approximate surface area is 185 Å². The topological polar surface area (TPSA) is 40.8 Å². The minimum absolute atomic E-state index is 0.0349. The number of halogens is 4. The van der Waals surface area contributed by atoms with Crippen molar-refractivity contribution in [1.29, 1.82) is 0 Å². The maximum absolute atomic E-state index is 13.5. The van der Waals surface area contributed by atoms with E-state index in [1.165, 1.54) is 0 Å². The van der Waals surface area contributed by atoms with Crippen LogP contribution in [0.4, 0.5) is 19.0 Å². The Morgan fingerprint density at radius 3 is 2.61 bits per heavy atom. The van der Waals surface area contributed by atoms with Gasteiger partial charge in [-0.15, -0.1) is 0 Å². The molecule has 9 heteroatoms. The van der Waals surface area contributed by atoms with E-state index in [0.29, 0.717) is 31.4 Å². The fourth-order valence-corrected chi connectivity index (χ4v) is 5.76. The zero-order valence-corrected chi connectivity index (χ0v) is 18.1. The monoisotopic (exact) mass is 454 g/mol. The summed E-state index contributed by atoms with van der Waals surface area (Å²) in [5, 5.41) is -0.0349. The number of rotatable bonds is 3. The standard InChI is InChI=1S/C22H26ClF3N4O/c1-27-12-15-3-5-17(6-4-15)30-10-8-21(20(30)31)7-2-9-29(14-21)19-18(23)11-16(13-28-19)22(24,25)26/h11,13,15,17H,2-10,12,14H2/t15-,17-,21?. The van der Waals surface area contributed by atoms with E-state index in [1.807, 2.05) is 9.80 Å². The van der Waals surface area contributed by atoms with E-state index >= 15 is 0 Å². The average Bonchev–Trinajstić information content (AvgIpc) is 3.04. The SMILES string of the molecule is [C-]#[N+]C[C@H]1CC[C@H](N2CCC3(CCCN(c4ncc(C(F)(F)F)cc4Cl)C3)C2=O)CC1. The summed E-state index contributed by atoms with van der Waals surface area (Å²) in [6.45, 7) is 9.40. The number of hydrogen-bond acceptors (Lipinski definition) is 3. The minimum Gasteiger partial charge on any atom is -0.354 e. The number of hydrogen-bond donors (Lipinski definition) is 0. The number of carbonyl (C=O) groups is 1. The molecule has 4 rings (SSSR count). The van der Waals surface area contributed by atoms with Crippen LogP contribution in [0.25, 0.3) is 4.85 Å². The molecule has 1 aromatic rings. The van der Waals surface area contributed by atoms with Crippen molar-refractivity contribution in [3.8, 4) is 0 Å². The molecule has 0 radical (unpaired) electrons. The van der Waals surface area contributed by atoms with Crippen molar-refractivity contribution in [1.82, 2.24) is 9.88 Å². The maximum Gasteiger partial charge on any atom is 0.417 e. The summed E-state index contributed by atoms with van der Waals surface area (Å²) in [5.41, 5.74) is -1.39. The number of pyridine rings is 1. The summed E-state index contributed by atoms with van der Waals surface area (Å²) in [6.07, 6.45) is 2.49. The lowest BCUT2D eigenvalue weighted by molar-refractivity contribution is -0.139. The van der Waals surface area contributed by atoms with Crippen molar-refractivity contribution < 1.29 is 18.0 Å². The lowest BCUT2D eigenvalue weighted by Crippen LogP contribution is -2.50. The first-order valence-corrected chi connectivity index (χ1v) is 11.2. The number of amides is 1. The first-order valence-electron chi connectivity index (χ1n) is 10.9. The molecule has 2 saturated heterocycles. The van der Waals surface area contributed by atoms with E-state index in [2.05, 4.69) is 9.83 Å². The smallest absolute Gasteiger partial charge is 0.354 e. The van der Waals surface area contributed by atoms with Gasteiger partial charge in [-0.1, -0.05) is 11.6 Å². The first kappa shape index (κ1) is 22.2. The van der Waals surface area contributed by atoms with E-state index in [-0.39, 0.29) is 17.0 Å². The molecule has 0 aromatic carbocycles. The third-order valence-electron chi connectivity index (χ3n) is 7.18. The van der Waals surface area contributed by atoms with Crippen LogP contribution in [0.3, 0.4) is 0 Å². The van der Waals surface area contributed by atoms with Crippen LogP contribution < -0.4 is 4.90 Å². The van der Waals surface area contributed by atoms with Gasteiger partial charge in [0.2, 0.25) is 12.5 Å². The quantitative estimate of drug-likeness (QED) is 0.600. The van der Waals surface area contributed by atoms with Crippen molar-refractivity contribution in [3.05, 3.63) is 34.3 Å². The van der Waals surface area contributed by atoms with E-state index < -0.39 is 17.2 Å². The summed E-state index contributed by atoms with van der Waals surface area (Å²) in [6, 6.07) is 1.15. The van der Waals surface area contributed by atoms with Gasteiger partial charge in [-0.2, -0.15) is 13.2 Å². The largest absolute Gasteiger partial charge is 0.417 e. The van der Waals surface area contributed by atoms with Crippen LogP contribution in [-0.2, 0) is 11.0 Å². The maximum atomic E-state index is 13.5. The molecule has 1 amide bonds. The van der Waals surface area contributed by atoms with Crippen LogP contribution in [0, 0.1) is 17.9 Å². The highest BCUT2D eigenvalue weighted by atomic mass is 35.5. The number of carbonyl (C=O) groups excluding carboxylic acids is 1. The number of nitrogens with zero attached hydrogens (tertiary/aromatic N) is 4. The molecule has 31 heavy (non-hydrogen) atoms. The Kier molecular flexibility index (Phi) is 6.08. The third-order valence-corrected chi connectivity index (χ3v) is 7.46. The highest BCUT2D eigenvalue weighted by molar-refractivity contribution is 6.33. The van der Waals surface area contributed by atoms with Crippen LogP contribution in [0.15, 0.2) is 12.3 Å². The fraction of sp³-hybridized carbons (Fsp3) is 0.682. The normalized spacial score (nSPS) is 29.5. The van der Waals surface area contributed by atoms with E-state index in [4.69, 9.17) is 18.2 Å². The van der Waals surface area contributed by atoms with Crippen molar-refractivity contribution in [2.24, 2.45) is 11.3 Å². The molecule has 3 fully saturated rings. The van der Waals surface area contributed by atoms with Crippen molar-refractivity contribution in [2.45, 2.75) is 57.2 Å². The summed E-state index contributed by atoms with van der Waals surface area (Å²) in [4.78, 5) is 24.9. The number of aromatic nitrogens is 1. The second-order valence-corrected chi connectivity index (χ2v) is 9.50. The molecular formula is C22H26ClF3N4O. The van der Waals surface area contributed by atoms with E-state index in [9.17, 15) is 18.0 Å². The minimum atomic E-state index is -4.49. The van der Waals surface area contributed by atoms with Gasteiger partial charge in [0.05, 0.1) is 16.0 Å². The predicted molar refractivity (Wildman–Crippen MR) is 112 cm³/mol. The Hall–Kier alpha value is -2.01. The molecule has 0 bridgehead atoms. The molecular weight excluding hydrogens is 429 g/mol. The van der Waals surface area contributed by atoms with Crippen molar-refractivity contribution in [3.63, 3.8) is 0 Å². The van der Waals surface area contributed by atoms with Crippen LogP contribution in [0.2, 0.25) is 5.02 Å². The molecule has 1 unspecified atom stereocenters. The van der Waals surface area contributed by atoms with Crippen LogP contribution in [-0.4, -0.2) is 48.0 Å². The first-order chi connectivity index (χ1) is 14.7. The lowest BCUT2D eigenvalue weighted by Gasteiger charge is -2.41. The summed E-state index contributed by atoms with van der Waals surface area (Å²) in [5.74, 6) is 0.923. The van der Waals surface area contributed by atoms with E-state index in [0.717, 1.165) is 63.8 Å². The highest BCUT2D eigenvalue weighted by Gasteiger charge is 2.51. The Morgan fingerprint density at radius 1 is 1.23 bits per heavy atom. The summed E-state index contributed by atoms with van der Waals surface area (Å²) < 4.78 is 38.8. The lowest BCUT2D eigenvalue weighted by atomic mass is 9.78. The van der Waals surface area contributed by atoms with Gasteiger partial charge in [-0.25, -0.2) is 11.6 Å². The third kappa shape index (κ3) is 4.34. The number of likely N-dealkylation sites (tertiary alicyclic amines) is 1. The highest BCUT2D eigenvalue weighted by Crippen LogP contribution is 2.44. The van der Waals surface area contributed by atoms with Crippen LogP contribution in [0.1, 0.15) is 50.5 Å². The summed E-state index contributed by atoms with van der Waals surface area (Å²) in [7, 11) is 0. The molecule has 1 aliphatic carbocycles. The van der Waals surface area contributed by atoms with Crippen LogP contribution in [0.5, 0.6) is 0 Å². The molecule has 1 spiro atoms. The van der Waals surface area contributed by atoms with Gasteiger partial charge in [0.1, 0.15) is 5.82 Å². The molecule has 5 nitrogen and oxygen atoms in total. The van der Waals surface area contributed by atoms with Crippen molar-refractivity contribution in [2.75, 3.05) is 31.1 Å². The molecule has 3 aliphatic rings. The Bertz CT molecular complexity index is 878. The van der Waals surface area contributed by atoms with Gasteiger partial charge in [0.15, 0.2) is 0 Å². The molecule has 1 saturated carbocycles. The molecule has 168 valence electrons. The molecule has 2 aliphatic heterocycles. The zero-order valence-electron chi connectivity index (χ0n) is 17.3. The van der Waals surface area contributed by atoms with Gasteiger partial charge in [0.25, 0.3) is 0 Å². The predicted octanol–water partition coefficient (Wildman–Crippen LogP) is 5.05. The average molecular weight is 455 g/mol. The Morgan fingerprint density at radius 2 is 1.97 bits per heavy atom. The van der Waals surface area contributed by atoms with Gasteiger partial charge in [-0.3, -0.25) is 4.79 Å². The van der Waals surface area contributed by atoms with Crippen LogP contribution >= 0.6 is 11.6 Å². The number of anilines is 1. The molecule has 1 aromatic heterocycles. The van der Waals surface area contributed by atoms with Gasteiger partial charge in [-0.05, 0) is 51.0 Å². The van der Waals surface area contributed by atoms with Gasteiger partial charge >= 0.3 is 6.18 Å². The summed E-state index contributed by atoms with van der Waals surface area (Å²) >= 11 is 6.17. The van der Waals surface area contributed by atoms with Crippen molar-refractivity contribution >= 4 is 23.3 Å². The second kappa shape index (κ2) is 8.50. The molecule has 1 atom stereocenters. The molecule has 3 heterocycles. The second-order valence-electron chi connectivity index (χ2n) is 9.10. The van der Waals surface area contributed by atoms with Gasteiger partial charge < -0.3 is 14.6 Å². The number of alkyl halides is 3. The van der Waals surface area contributed by atoms with Gasteiger partial charge in [0, 0.05) is 37.8 Å².